The quantitative estimate of drug-likeness (QED) is 0.743. The van der Waals surface area contributed by atoms with E-state index in [1.165, 1.54) is 12.1 Å². The lowest BCUT2D eigenvalue weighted by Gasteiger charge is -2.26. The summed E-state index contributed by atoms with van der Waals surface area (Å²) in [5, 5.41) is 2.84. The van der Waals surface area contributed by atoms with Gasteiger partial charge in [-0.25, -0.2) is 8.78 Å². The van der Waals surface area contributed by atoms with E-state index in [2.05, 4.69) is 10.2 Å². The zero-order valence-corrected chi connectivity index (χ0v) is 15.2. The second-order valence-corrected chi connectivity index (χ2v) is 6.64. The molecule has 2 aromatic rings. The fourth-order valence-electron chi connectivity index (χ4n) is 3.13. The number of morpholine rings is 1. The molecule has 144 valence electrons. The van der Waals surface area contributed by atoms with E-state index < -0.39 is 11.6 Å². The fourth-order valence-corrected chi connectivity index (χ4v) is 3.13. The van der Waals surface area contributed by atoms with Crippen molar-refractivity contribution < 1.29 is 18.3 Å². The molecule has 0 radical (unpaired) electrons. The van der Waals surface area contributed by atoms with Crippen LogP contribution in [0.15, 0.2) is 42.5 Å². The normalized spacial score (nSPS) is 14.9. The number of benzene rings is 2. The second-order valence-electron chi connectivity index (χ2n) is 6.64. The van der Waals surface area contributed by atoms with E-state index in [-0.39, 0.29) is 11.5 Å². The predicted molar refractivity (Wildman–Crippen MR) is 102 cm³/mol. The van der Waals surface area contributed by atoms with Gasteiger partial charge in [0.05, 0.1) is 13.2 Å². The number of rotatable bonds is 7. The van der Waals surface area contributed by atoms with Crippen molar-refractivity contribution in [2.24, 2.45) is 0 Å². The largest absolute Gasteiger partial charge is 0.379 e. The van der Waals surface area contributed by atoms with Gasteiger partial charge in [-0.1, -0.05) is 24.3 Å². The first kappa shape index (κ1) is 19.5. The van der Waals surface area contributed by atoms with Crippen molar-refractivity contribution in [1.29, 1.82) is 0 Å². The number of hydrogen-bond donors (Lipinski definition) is 1. The lowest BCUT2D eigenvalue weighted by Crippen LogP contribution is -2.36. The van der Waals surface area contributed by atoms with E-state index in [1.807, 2.05) is 0 Å². The minimum atomic E-state index is -0.873. The lowest BCUT2D eigenvalue weighted by molar-refractivity contribution is -0.116. The van der Waals surface area contributed by atoms with Gasteiger partial charge >= 0.3 is 0 Å². The van der Waals surface area contributed by atoms with Gasteiger partial charge in [-0.3, -0.25) is 9.69 Å². The van der Waals surface area contributed by atoms with E-state index in [9.17, 15) is 13.6 Å². The number of hydrogen-bond acceptors (Lipinski definition) is 3. The Balaban J connectivity index is 1.45. The van der Waals surface area contributed by atoms with Crippen LogP contribution >= 0.6 is 0 Å². The highest BCUT2D eigenvalue weighted by Gasteiger charge is 2.11. The third kappa shape index (κ3) is 5.58. The molecule has 27 heavy (non-hydrogen) atoms. The van der Waals surface area contributed by atoms with Gasteiger partial charge in [0.25, 0.3) is 0 Å². The summed E-state index contributed by atoms with van der Waals surface area (Å²) in [7, 11) is 0. The first-order valence-corrected chi connectivity index (χ1v) is 9.28. The van der Waals surface area contributed by atoms with Gasteiger partial charge in [0, 0.05) is 30.8 Å². The molecule has 3 rings (SSSR count). The number of halogens is 2. The van der Waals surface area contributed by atoms with E-state index in [0.29, 0.717) is 17.7 Å². The Morgan fingerprint density at radius 3 is 2.52 bits per heavy atom. The predicted octanol–water partition coefficient (Wildman–Crippen LogP) is 4.07. The fraction of sp³-hybridized carbons (Fsp3) is 0.381. The van der Waals surface area contributed by atoms with Crippen LogP contribution in [0.5, 0.6) is 0 Å². The summed E-state index contributed by atoms with van der Waals surface area (Å²) in [5.41, 5.74) is 1.42. The molecule has 2 aromatic carbocycles. The average Bonchev–Trinajstić information content (AvgIpc) is 2.69. The molecule has 0 saturated carbocycles. The maximum absolute atomic E-state index is 13.9. The number of carbonyl (C=O) groups excluding carboxylic acids is 1. The highest BCUT2D eigenvalue weighted by atomic mass is 19.2. The summed E-state index contributed by atoms with van der Waals surface area (Å²) in [6.07, 6.45) is 2.27. The number of nitrogens with one attached hydrogen (secondary N) is 1. The summed E-state index contributed by atoms with van der Waals surface area (Å²) in [6, 6.07) is 10.8. The van der Waals surface area contributed by atoms with Crippen LogP contribution in [0.3, 0.4) is 0 Å². The Kier molecular flexibility index (Phi) is 6.90. The maximum atomic E-state index is 13.9. The van der Waals surface area contributed by atoms with Crippen molar-refractivity contribution >= 4 is 11.6 Å². The van der Waals surface area contributed by atoms with Crippen LogP contribution in [-0.2, 0) is 9.53 Å². The monoisotopic (exact) mass is 374 g/mol. The van der Waals surface area contributed by atoms with Gasteiger partial charge in [-0.15, -0.1) is 0 Å². The number of unbranched alkanes of at least 4 members (excludes halogenated alkanes) is 1. The first-order valence-electron chi connectivity index (χ1n) is 9.28. The molecule has 1 aliphatic rings. The molecule has 1 saturated heterocycles. The summed E-state index contributed by atoms with van der Waals surface area (Å²) >= 11 is 0. The van der Waals surface area contributed by atoms with Crippen molar-refractivity contribution in [3.63, 3.8) is 0 Å². The zero-order valence-electron chi connectivity index (χ0n) is 15.2. The first-order chi connectivity index (χ1) is 13.1. The molecule has 4 nitrogen and oxygen atoms in total. The highest BCUT2D eigenvalue weighted by Crippen LogP contribution is 2.25. The SMILES string of the molecule is O=C(CCCCN1CCOCC1)Nc1ccc(-c2cccc(F)c2F)cc1. The topological polar surface area (TPSA) is 41.6 Å². The molecule has 1 fully saturated rings. The number of carbonyl (C=O) groups is 1. The van der Waals surface area contributed by atoms with Crippen LogP contribution in [-0.4, -0.2) is 43.7 Å². The Labute approximate surface area is 158 Å². The van der Waals surface area contributed by atoms with Gasteiger partial charge in [0.15, 0.2) is 11.6 Å². The molecule has 0 atom stereocenters. The molecule has 0 bridgehead atoms. The molecule has 0 aliphatic carbocycles. The minimum Gasteiger partial charge on any atom is -0.379 e. The Bertz CT molecular complexity index is 759. The molecule has 1 N–H and O–H groups in total. The molecule has 1 aliphatic heterocycles. The Hall–Kier alpha value is -2.31. The average molecular weight is 374 g/mol. The molecular formula is C21H24F2N2O2. The molecule has 1 heterocycles. The van der Waals surface area contributed by atoms with E-state index >= 15 is 0 Å². The second kappa shape index (κ2) is 9.58. The van der Waals surface area contributed by atoms with Crippen LogP contribution in [0.1, 0.15) is 19.3 Å². The highest BCUT2D eigenvalue weighted by molar-refractivity contribution is 5.90. The number of nitrogens with zero attached hydrogens (tertiary/aromatic N) is 1. The third-order valence-corrected chi connectivity index (χ3v) is 4.66. The number of amides is 1. The molecule has 1 amide bonds. The van der Waals surface area contributed by atoms with E-state index in [1.54, 1.807) is 24.3 Å². The smallest absolute Gasteiger partial charge is 0.224 e. The molecule has 0 unspecified atom stereocenters. The van der Waals surface area contributed by atoms with E-state index in [4.69, 9.17) is 4.74 Å². The Morgan fingerprint density at radius 2 is 1.78 bits per heavy atom. The molecule has 0 spiro atoms. The van der Waals surface area contributed by atoms with Gasteiger partial charge in [-0.05, 0) is 43.1 Å². The van der Waals surface area contributed by atoms with Crippen LogP contribution in [0, 0.1) is 11.6 Å². The van der Waals surface area contributed by atoms with Crippen LogP contribution in [0.25, 0.3) is 11.1 Å². The number of anilines is 1. The van der Waals surface area contributed by atoms with Crippen molar-refractivity contribution in [3.05, 3.63) is 54.1 Å². The molecular weight excluding hydrogens is 350 g/mol. The van der Waals surface area contributed by atoms with Crippen LogP contribution in [0.4, 0.5) is 14.5 Å². The van der Waals surface area contributed by atoms with Gasteiger partial charge in [0.2, 0.25) is 5.91 Å². The van der Waals surface area contributed by atoms with E-state index in [0.717, 1.165) is 51.8 Å². The van der Waals surface area contributed by atoms with Crippen molar-refractivity contribution in [3.8, 4) is 11.1 Å². The Morgan fingerprint density at radius 1 is 1.04 bits per heavy atom. The number of ether oxygens (including phenoxy) is 1. The van der Waals surface area contributed by atoms with Crippen molar-refractivity contribution in [2.45, 2.75) is 19.3 Å². The van der Waals surface area contributed by atoms with Crippen LogP contribution < -0.4 is 5.32 Å². The molecule has 0 aromatic heterocycles. The molecule has 6 heteroatoms. The summed E-state index contributed by atoms with van der Waals surface area (Å²) < 4.78 is 32.5. The zero-order chi connectivity index (χ0) is 19.1. The summed E-state index contributed by atoms with van der Waals surface area (Å²) in [6.45, 7) is 4.49. The van der Waals surface area contributed by atoms with Crippen molar-refractivity contribution in [2.75, 3.05) is 38.2 Å². The van der Waals surface area contributed by atoms with Gasteiger partial charge < -0.3 is 10.1 Å². The van der Waals surface area contributed by atoms with Crippen LogP contribution in [0.2, 0.25) is 0 Å². The minimum absolute atomic E-state index is 0.0401. The summed E-state index contributed by atoms with van der Waals surface area (Å²) in [4.78, 5) is 14.4. The lowest BCUT2D eigenvalue weighted by atomic mass is 10.0. The summed E-state index contributed by atoms with van der Waals surface area (Å²) in [5.74, 6) is -1.78. The third-order valence-electron chi connectivity index (χ3n) is 4.66. The standard InChI is InChI=1S/C21H24F2N2O2/c22-19-5-3-4-18(21(19)23)16-7-9-17(10-8-16)24-20(26)6-1-2-11-25-12-14-27-15-13-25/h3-5,7-10H,1-2,6,11-15H2,(H,24,26). The van der Waals surface area contributed by atoms with Crippen molar-refractivity contribution in [1.82, 2.24) is 4.90 Å². The van der Waals surface area contributed by atoms with Gasteiger partial charge in [0.1, 0.15) is 0 Å². The van der Waals surface area contributed by atoms with Gasteiger partial charge in [-0.2, -0.15) is 0 Å². The maximum Gasteiger partial charge on any atom is 0.224 e.